The third kappa shape index (κ3) is 3.58. The average molecular weight is 328 g/mol. The molecule has 2 aromatic heterocycles. The predicted octanol–water partition coefficient (Wildman–Crippen LogP) is 0.935. The highest BCUT2D eigenvalue weighted by Crippen LogP contribution is 2.19. The van der Waals surface area contributed by atoms with Crippen LogP contribution in [0.25, 0.3) is 0 Å². The van der Waals surface area contributed by atoms with Crippen LogP contribution in [-0.2, 0) is 0 Å². The molecule has 1 aliphatic rings. The molecular weight excluding hydrogens is 308 g/mol. The van der Waals surface area contributed by atoms with Crippen LogP contribution in [0.15, 0.2) is 24.8 Å². The summed E-state index contributed by atoms with van der Waals surface area (Å²) < 4.78 is 5.87. The van der Waals surface area contributed by atoms with E-state index in [0.717, 1.165) is 17.9 Å². The molecule has 8 heteroatoms. The Morgan fingerprint density at radius 2 is 2.08 bits per heavy atom. The van der Waals surface area contributed by atoms with Crippen molar-refractivity contribution in [3.05, 3.63) is 36.2 Å². The van der Waals surface area contributed by atoms with Crippen molar-refractivity contribution in [1.82, 2.24) is 24.8 Å². The number of likely N-dealkylation sites (tertiary alicyclic amines) is 1. The number of carbonyl (C=O) groups is 1. The van der Waals surface area contributed by atoms with E-state index in [4.69, 9.17) is 4.74 Å². The van der Waals surface area contributed by atoms with Crippen LogP contribution in [0.5, 0.6) is 5.88 Å². The molecule has 0 bridgehead atoms. The molecule has 2 aromatic rings. The van der Waals surface area contributed by atoms with Crippen LogP contribution in [0.2, 0.25) is 0 Å². The minimum atomic E-state index is -0.123. The minimum Gasteiger partial charge on any atom is -0.471 e. The van der Waals surface area contributed by atoms with Crippen LogP contribution in [0.1, 0.15) is 22.6 Å². The number of hydrogen-bond donors (Lipinski definition) is 0. The molecule has 3 rings (SSSR count). The number of anilines is 1. The van der Waals surface area contributed by atoms with E-state index in [-0.39, 0.29) is 12.0 Å². The number of ether oxygens (including phenoxy) is 1. The van der Waals surface area contributed by atoms with Crippen molar-refractivity contribution < 1.29 is 9.53 Å². The summed E-state index contributed by atoms with van der Waals surface area (Å²) in [5.41, 5.74) is 1.14. The van der Waals surface area contributed by atoms with Gasteiger partial charge in [-0.3, -0.25) is 14.8 Å². The molecule has 0 aliphatic carbocycles. The van der Waals surface area contributed by atoms with Gasteiger partial charge in [-0.2, -0.15) is 4.98 Å². The molecule has 0 N–H and O–H groups in total. The second-order valence-corrected chi connectivity index (χ2v) is 5.93. The summed E-state index contributed by atoms with van der Waals surface area (Å²) in [5.74, 6) is 1.07. The van der Waals surface area contributed by atoms with Crippen LogP contribution < -0.4 is 9.64 Å². The molecule has 0 unspecified atom stereocenters. The summed E-state index contributed by atoms with van der Waals surface area (Å²) in [6.45, 7) is 2.96. The summed E-state index contributed by atoms with van der Waals surface area (Å²) in [7, 11) is 3.79. The van der Waals surface area contributed by atoms with Gasteiger partial charge in [-0.15, -0.1) is 0 Å². The second-order valence-electron chi connectivity index (χ2n) is 5.93. The van der Waals surface area contributed by atoms with Gasteiger partial charge >= 0.3 is 0 Å². The molecule has 126 valence electrons. The fourth-order valence-corrected chi connectivity index (χ4v) is 2.46. The number of rotatable bonds is 4. The minimum absolute atomic E-state index is 0.0981. The lowest BCUT2D eigenvalue weighted by molar-refractivity contribution is 0.0765. The van der Waals surface area contributed by atoms with Crippen molar-refractivity contribution in [3.8, 4) is 5.88 Å². The Bertz CT molecular complexity index is 719. The Labute approximate surface area is 140 Å². The van der Waals surface area contributed by atoms with Crippen molar-refractivity contribution in [2.75, 3.05) is 32.1 Å². The number of aromatic nitrogens is 4. The summed E-state index contributed by atoms with van der Waals surface area (Å²) in [6.07, 6.45) is 7.02. The molecule has 0 radical (unpaired) electrons. The van der Waals surface area contributed by atoms with E-state index in [0.29, 0.717) is 24.7 Å². The lowest BCUT2D eigenvalue weighted by Crippen LogP contribution is -2.31. The van der Waals surface area contributed by atoms with Crippen LogP contribution in [0.4, 0.5) is 5.82 Å². The van der Waals surface area contributed by atoms with Crippen LogP contribution in [-0.4, -0.2) is 64.0 Å². The second kappa shape index (κ2) is 6.77. The van der Waals surface area contributed by atoms with E-state index in [1.807, 2.05) is 25.9 Å². The highest BCUT2D eigenvalue weighted by atomic mass is 16.5. The van der Waals surface area contributed by atoms with Gasteiger partial charge in [-0.1, -0.05) is 0 Å². The van der Waals surface area contributed by atoms with Crippen molar-refractivity contribution in [3.63, 3.8) is 0 Å². The van der Waals surface area contributed by atoms with Crippen molar-refractivity contribution in [2.45, 2.75) is 19.4 Å². The third-order valence-corrected chi connectivity index (χ3v) is 3.78. The highest BCUT2D eigenvalue weighted by Gasteiger charge is 2.29. The zero-order valence-electron chi connectivity index (χ0n) is 14.0. The van der Waals surface area contributed by atoms with Gasteiger partial charge in [0.15, 0.2) is 5.82 Å². The summed E-state index contributed by atoms with van der Waals surface area (Å²) in [4.78, 5) is 32.8. The summed E-state index contributed by atoms with van der Waals surface area (Å²) in [6, 6.07) is 0. The monoisotopic (exact) mass is 328 g/mol. The maximum absolute atomic E-state index is 12.4. The zero-order chi connectivity index (χ0) is 17.1. The molecule has 1 saturated heterocycles. The van der Waals surface area contributed by atoms with E-state index >= 15 is 0 Å². The third-order valence-electron chi connectivity index (χ3n) is 3.78. The average Bonchev–Trinajstić information content (AvgIpc) is 3.03. The van der Waals surface area contributed by atoms with E-state index in [1.54, 1.807) is 23.5 Å². The van der Waals surface area contributed by atoms with Crippen molar-refractivity contribution >= 4 is 11.7 Å². The molecule has 1 fully saturated rings. The van der Waals surface area contributed by atoms with Crippen molar-refractivity contribution in [1.29, 1.82) is 0 Å². The first-order chi connectivity index (χ1) is 11.5. The SMILES string of the molecule is Cc1cnc(C(=O)N2CC[C@H](Oc3cncc(N(C)C)n3)C2)cn1. The topological polar surface area (TPSA) is 84.3 Å². The number of hydrogen-bond acceptors (Lipinski definition) is 7. The van der Waals surface area contributed by atoms with Gasteiger partial charge in [0.2, 0.25) is 5.88 Å². The van der Waals surface area contributed by atoms with Gasteiger partial charge < -0.3 is 14.5 Å². The molecule has 8 nitrogen and oxygen atoms in total. The van der Waals surface area contributed by atoms with E-state index in [2.05, 4.69) is 19.9 Å². The molecule has 1 atom stereocenters. The normalized spacial score (nSPS) is 17.0. The largest absolute Gasteiger partial charge is 0.471 e. The van der Waals surface area contributed by atoms with Gasteiger partial charge in [0.1, 0.15) is 11.8 Å². The first kappa shape index (κ1) is 16.1. The molecular formula is C16H20N6O2. The van der Waals surface area contributed by atoms with Crippen molar-refractivity contribution in [2.24, 2.45) is 0 Å². The van der Waals surface area contributed by atoms with Gasteiger partial charge in [-0.25, -0.2) is 4.98 Å². The standard InChI is InChI=1S/C16H20N6O2/c1-11-6-19-13(7-18-11)16(23)22-5-4-12(10-22)24-15-9-17-8-14(20-15)21(2)3/h6-9,12H,4-5,10H2,1-3H3/t12-/m0/s1. The van der Waals surface area contributed by atoms with E-state index < -0.39 is 0 Å². The lowest BCUT2D eigenvalue weighted by atomic mass is 10.3. The highest BCUT2D eigenvalue weighted by molar-refractivity contribution is 5.92. The smallest absolute Gasteiger partial charge is 0.274 e. The number of nitrogens with zero attached hydrogens (tertiary/aromatic N) is 6. The Balaban J connectivity index is 1.62. The van der Waals surface area contributed by atoms with Crippen LogP contribution in [0, 0.1) is 6.92 Å². The zero-order valence-corrected chi connectivity index (χ0v) is 14.0. The van der Waals surface area contributed by atoms with Gasteiger partial charge in [0.25, 0.3) is 5.91 Å². The predicted molar refractivity (Wildman–Crippen MR) is 88.1 cm³/mol. The first-order valence-electron chi connectivity index (χ1n) is 7.77. The fraction of sp³-hybridized carbons (Fsp3) is 0.438. The lowest BCUT2D eigenvalue weighted by Gasteiger charge is -2.17. The van der Waals surface area contributed by atoms with Gasteiger partial charge in [-0.05, 0) is 6.92 Å². The molecule has 24 heavy (non-hydrogen) atoms. The molecule has 1 aliphatic heterocycles. The Kier molecular flexibility index (Phi) is 4.54. The van der Waals surface area contributed by atoms with Gasteiger partial charge in [0.05, 0.1) is 30.8 Å². The van der Waals surface area contributed by atoms with Gasteiger partial charge in [0, 0.05) is 33.3 Å². The molecule has 0 aromatic carbocycles. The summed E-state index contributed by atoms with van der Waals surface area (Å²) in [5, 5.41) is 0. The number of aryl methyl sites for hydroxylation is 1. The molecule has 0 saturated carbocycles. The number of carbonyl (C=O) groups excluding carboxylic acids is 1. The molecule has 1 amide bonds. The first-order valence-corrected chi connectivity index (χ1v) is 7.77. The Hall–Kier alpha value is -2.77. The van der Waals surface area contributed by atoms with E-state index in [1.165, 1.54) is 6.20 Å². The molecule has 0 spiro atoms. The fourth-order valence-electron chi connectivity index (χ4n) is 2.46. The quantitative estimate of drug-likeness (QED) is 0.825. The van der Waals surface area contributed by atoms with E-state index in [9.17, 15) is 4.79 Å². The number of amides is 1. The maximum Gasteiger partial charge on any atom is 0.274 e. The van der Waals surface area contributed by atoms with Crippen LogP contribution >= 0.6 is 0 Å². The maximum atomic E-state index is 12.4. The van der Waals surface area contributed by atoms with Crippen LogP contribution in [0.3, 0.4) is 0 Å². The Morgan fingerprint density at radius 1 is 1.25 bits per heavy atom. The summed E-state index contributed by atoms with van der Waals surface area (Å²) >= 11 is 0. The Morgan fingerprint density at radius 3 is 2.79 bits per heavy atom. The molecule has 3 heterocycles.